The highest BCUT2D eigenvalue weighted by atomic mass is 19.3. The van der Waals surface area contributed by atoms with Gasteiger partial charge in [0.1, 0.15) is 11.3 Å². The number of nitrogens with zero attached hydrogens (tertiary/aromatic N) is 2. The summed E-state index contributed by atoms with van der Waals surface area (Å²) < 4.78 is 40.8. The summed E-state index contributed by atoms with van der Waals surface area (Å²) in [6, 6.07) is -0.368. The van der Waals surface area contributed by atoms with Crippen molar-refractivity contribution in [1.29, 1.82) is 0 Å². The van der Waals surface area contributed by atoms with E-state index in [1.54, 1.807) is 6.92 Å². The van der Waals surface area contributed by atoms with Crippen molar-refractivity contribution in [2.75, 3.05) is 13.7 Å². The molecule has 6 nitrogen and oxygen atoms in total. The lowest BCUT2D eigenvalue weighted by atomic mass is 9.69. The number of aromatic nitrogens is 2. The van der Waals surface area contributed by atoms with Crippen LogP contribution >= 0.6 is 0 Å². The molecule has 0 unspecified atom stereocenters. The van der Waals surface area contributed by atoms with Crippen LogP contribution in [0.1, 0.15) is 69.1 Å². The molecule has 1 saturated carbocycles. The average Bonchev–Trinajstić information content (AvgIpc) is 3.07. The van der Waals surface area contributed by atoms with Gasteiger partial charge in [0, 0.05) is 0 Å². The largest absolute Gasteiger partial charge is 0.466 e. The van der Waals surface area contributed by atoms with Crippen molar-refractivity contribution in [3.8, 4) is 0 Å². The molecule has 8 heteroatoms. The number of esters is 2. The van der Waals surface area contributed by atoms with Gasteiger partial charge in [0.2, 0.25) is 0 Å². The number of rotatable bonds is 6. The van der Waals surface area contributed by atoms with E-state index in [1.165, 1.54) is 17.7 Å². The number of alkyl halides is 2. The summed E-state index contributed by atoms with van der Waals surface area (Å²) >= 11 is 0. The van der Waals surface area contributed by atoms with Gasteiger partial charge < -0.3 is 9.47 Å². The van der Waals surface area contributed by atoms with Crippen LogP contribution in [0.25, 0.3) is 0 Å². The zero-order valence-corrected chi connectivity index (χ0v) is 17.0. The van der Waals surface area contributed by atoms with Gasteiger partial charge in [-0.3, -0.25) is 9.48 Å². The number of methoxy groups -OCH3 is 1. The van der Waals surface area contributed by atoms with Gasteiger partial charge >= 0.3 is 17.9 Å². The first-order valence-corrected chi connectivity index (χ1v) is 9.46. The minimum absolute atomic E-state index is 0.117. The topological polar surface area (TPSA) is 70.4 Å². The van der Waals surface area contributed by atoms with Crippen LogP contribution < -0.4 is 0 Å². The van der Waals surface area contributed by atoms with E-state index in [4.69, 9.17) is 4.74 Å². The number of hydrogen-bond donors (Lipinski definition) is 0. The Kier molecular flexibility index (Phi) is 6.62. The third-order valence-electron chi connectivity index (χ3n) is 5.40. The predicted octanol–water partition coefficient (Wildman–Crippen LogP) is 4.27. The lowest BCUT2D eigenvalue weighted by Gasteiger charge is -2.40. The van der Waals surface area contributed by atoms with Gasteiger partial charge in [-0.15, -0.1) is 0 Å². The molecular weight excluding hydrogens is 370 g/mol. The third kappa shape index (κ3) is 4.10. The smallest absolute Gasteiger partial charge is 0.341 e. The molecule has 0 radical (unpaired) electrons. The second kappa shape index (κ2) is 8.41. The molecule has 0 N–H and O–H groups in total. The highest BCUT2D eigenvalue weighted by molar-refractivity contribution is 5.90. The maximum atomic E-state index is 14.8. The van der Waals surface area contributed by atoms with E-state index in [2.05, 4.69) is 9.84 Å². The molecule has 1 aromatic rings. The number of carbonyl (C=O) groups excluding carboxylic acids is 2. The average molecular weight is 398 g/mol. The molecule has 1 aliphatic rings. The lowest BCUT2D eigenvalue weighted by molar-refractivity contribution is -0.158. The molecule has 28 heavy (non-hydrogen) atoms. The van der Waals surface area contributed by atoms with Crippen molar-refractivity contribution >= 4 is 11.9 Å². The zero-order valence-electron chi connectivity index (χ0n) is 17.0. The van der Waals surface area contributed by atoms with E-state index in [-0.39, 0.29) is 23.5 Å². The Bertz CT molecular complexity index is 759. The highest BCUT2D eigenvalue weighted by Crippen LogP contribution is 2.46. The van der Waals surface area contributed by atoms with Crippen LogP contribution in [0.5, 0.6) is 0 Å². The van der Waals surface area contributed by atoms with Crippen LogP contribution in [0.15, 0.2) is 18.3 Å². The van der Waals surface area contributed by atoms with Crippen LogP contribution in [0, 0.1) is 11.3 Å². The molecule has 1 heterocycles. The van der Waals surface area contributed by atoms with Crippen molar-refractivity contribution < 1.29 is 27.8 Å². The Morgan fingerprint density at radius 2 is 2.14 bits per heavy atom. The molecule has 0 bridgehead atoms. The van der Waals surface area contributed by atoms with Crippen LogP contribution in [-0.4, -0.2) is 35.4 Å². The molecule has 1 aliphatic carbocycles. The summed E-state index contributed by atoms with van der Waals surface area (Å²) in [5, 5.41) is 4.12. The Balaban J connectivity index is 2.42. The monoisotopic (exact) mass is 398 g/mol. The summed E-state index contributed by atoms with van der Waals surface area (Å²) in [5.41, 5.74) is -1.39. The van der Waals surface area contributed by atoms with Crippen LogP contribution in [0.4, 0.5) is 8.78 Å². The summed E-state index contributed by atoms with van der Waals surface area (Å²) in [6.45, 7) is 7.28. The number of allylic oxidation sites excluding steroid dienone is 2. The van der Waals surface area contributed by atoms with Gasteiger partial charge in [-0.25, -0.2) is 4.79 Å². The van der Waals surface area contributed by atoms with E-state index in [9.17, 15) is 18.4 Å². The van der Waals surface area contributed by atoms with E-state index in [1.807, 2.05) is 13.8 Å². The highest BCUT2D eigenvalue weighted by Gasteiger charge is 2.46. The zero-order chi connectivity index (χ0) is 21.1. The second-order valence-electron chi connectivity index (χ2n) is 7.53. The first-order chi connectivity index (χ1) is 13.1. The van der Waals surface area contributed by atoms with Gasteiger partial charge in [0.05, 0.1) is 31.4 Å². The van der Waals surface area contributed by atoms with Crippen LogP contribution in [-0.2, 0) is 20.2 Å². The van der Waals surface area contributed by atoms with E-state index in [0.717, 1.165) is 19.4 Å². The summed E-state index contributed by atoms with van der Waals surface area (Å²) in [6.07, 6.45) is 4.55. The third-order valence-corrected chi connectivity index (χ3v) is 5.40. The number of halogens is 2. The Hall–Kier alpha value is -2.25. The van der Waals surface area contributed by atoms with Crippen molar-refractivity contribution in [3.05, 3.63) is 29.6 Å². The lowest BCUT2D eigenvalue weighted by Crippen LogP contribution is -2.40. The van der Waals surface area contributed by atoms with Gasteiger partial charge in [-0.1, -0.05) is 13.0 Å². The molecular formula is C20H28F2N2O4. The maximum Gasteiger partial charge on any atom is 0.341 e. The SMILES string of the molecule is C/C=C/C(F)(F)c1c(C(=O)OC)cnn1[C@@H]1CC[C@@](C)(C(=O)OCC)C[C@@H]1C. The fourth-order valence-electron chi connectivity index (χ4n) is 4.05. The van der Waals surface area contributed by atoms with Gasteiger partial charge in [0.25, 0.3) is 0 Å². The Morgan fingerprint density at radius 3 is 2.68 bits per heavy atom. The van der Waals surface area contributed by atoms with Gasteiger partial charge in [-0.05, 0) is 52.0 Å². The molecule has 0 aliphatic heterocycles. The fourth-order valence-corrected chi connectivity index (χ4v) is 4.05. The van der Waals surface area contributed by atoms with Crippen molar-refractivity contribution in [1.82, 2.24) is 9.78 Å². The van der Waals surface area contributed by atoms with Crippen molar-refractivity contribution in [2.45, 2.75) is 58.9 Å². The molecule has 0 saturated heterocycles. The molecule has 3 atom stereocenters. The minimum atomic E-state index is -3.38. The van der Waals surface area contributed by atoms with Crippen molar-refractivity contribution in [3.63, 3.8) is 0 Å². The standard InChI is InChI=1S/C20H28F2N2O4/c1-6-9-20(21,22)16-14(17(25)27-5)12-23-24(16)15-8-10-19(4,11-13(15)3)18(26)28-7-2/h6,9,12-13,15H,7-8,10-11H2,1-5H3/b9-6+/t13-,15+,19+/m0/s1. The number of hydrogen-bond acceptors (Lipinski definition) is 5. The first kappa shape index (κ1) is 22.0. The van der Waals surface area contributed by atoms with Crippen LogP contribution in [0.3, 0.4) is 0 Å². The molecule has 0 spiro atoms. The molecule has 2 rings (SSSR count). The van der Waals surface area contributed by atoms with E-state index in [0.29, 0.717) is 25.9 Å². The molecule has 156 valence electrons. The minimum Gasteiger partial charge on any atom is -0.466 e. The molecule has 1 aromatic heterocycles. The molecule has 0 aromatic carbocycles. The fraction of sp³-hybridized carbons (Fsp3) is 0.650. The summed E-state index contributed by atoms with van der Waals surface area (Å²) in [4.78, 5) is 24.4. The molecule has 1 fully saturated rings. The number of carbonyl (C=O) groups is 2. The Labute approximate surface area is 163 Å². The van der Waals surface area contributed by atoms with E-state index < -0.39 is 23.0 Å². The maximum absolute atomic E-state index is 14.8. The normalized spacial score (nSPS) is 25.7. The summed E-state index contributed by atoms with van der Waals surface area (Å²) in [7, 11) is 1.14. The van der Waals surface area contributed by atoms with E-state index >= 15 is 0 Å². The quantitative estimate of drug-likeness (QED) is 0.529. The number of ether oxygens (including phenoxy) is 2. The second-order valence-corrected chi connectivity index (χ2v) is 7.53. The summed E-state index contributed by atoms with van der Waals surface area (Å²) in [5.74, 6) is -4.62. The van der Waals surface area contributed by atoms with Gasteiger partial charge in [0.15, 0.2) is 0 Å². The Morgan fingerprint density at radius 1 is 1.46 bits per heavy atom. The molecule has 0 amide bonds. The predicted molar refractivity (Wildman–Crippen MR) is 99.1 cm³/mol. The van der Waals surface area contributed by atoms with Crippen LogP contribution in [0.2, 0.25) is 0 Å². The first-order valence-electron chi connectivity index (χ1n) is 9.46. The van der Waals surface area contributed by atoms with Crippen molar-refractivity contribution in [2.24, 2.45) is 11.3 Å². The van der Waals surface area contributed by atoms with Gasteiger partial charge in [-0.2, -0.15) is 13.9 Å².